The number of ether oxygens (including phenoxy) is 3. The van der Waals surface area contributed by atoms with Crippen LogP contribution in [0.2, 0.25) is 0 Å². The van der Waals surface area contributed by atoms with Crippen molar-refractivity contribution in [2.24, 2.45) is 0 Å². The molecule has 0 bridgehead atoms. The van der Waals surface area contributed by atoms with E-state index in [9.17, 15) is 18.5 Å². The van der Waals surface area contributed by atoms with Gasteiger partial charge in [-0.05, 0) is 37.8 Å². The number of rotatable bonds is 24. The first-order valence-corrected chi connectivity index (χ1v) is 16.8. The van der Waals surface area contributed by atoms with Crippen LogP contribution in [0.1, 0.15) is 116 Å². The molecule has 0 saturated carbocycles. The second-order valence-corrected chi connectivity index (χ2v) is 12.3. The van der Waals surface area contributed by atoms with Gasteiger partial charge in [0.05, 0.1) is 23.0 Å². The van der Waals surface area contributed by atoms with Gasteiger partial charge in [-0.1, -0.05) is 90.4 Å². The number of non-ortho nitro benzene ring substituents is 1. The third-order valence-electron chi connectivity index (χ3n) is 7.15. The number of nitrogens with zero attached hydrogens (tertiary/aromatic N) is 1. The monoisotopic (exact) mass is 585 g/mol. The van der Waals surface area contributed by atoms with Gasteiger partial charge in [0.25, 0.3) is 15.8 Å². The van der Waals surface area contributed by atoms with Crippen LogP contribution < -0.4 is 0 Å². The molecule has 1 aliphatic rings. The smallest absolute Gasteiger partial charge is 0.297 e. The Labute approximate surface area is 241 Å². The van der Waals surface area contributed by atoms with Gasteiger partial charge in [0, 0.05) is 25.3 Å². The summed E-state index contributed by atoms with van der Waals surface area (Å²) in [6.45, 7) is 3.47. The van der Waals surface area contributed by atoms with Gasteiger partial charge in [0.2, 0.25) is 0 Å². The van der Waals surface area contributed by atoms with Crippen molar-refractivity contribution in [1.29, 1.82) is 0 Å². The van der Waals surface area contributed by atoms with Crippen molar-refractivity contribution in [1.82, 2.24) is 0 Å². The summed E-state index contributed by atoms with van der Waals surface area (Å²) in [7, 11) is -4.15. The Morgan fingerprint density at radius 3 is 1.98 bits per heavy atom. The topological polar surface area (TPSA) is 114 Å². The van der Waals surface area contributed by atoms with Gasteiger partial charge >= 0.3 is 0 Å². The summed E-state index contributed by atoms with van der Waals surface area (Å²) in [5.41, 5.74) is -0.190. The molecule has 1 aromatic rings. The Bertz CT molecular complexity index is 887. The highest BCUT2D eigenvalue weighted by Crippen LogP contribution is 2.20. The molecule has 1 saturated heterocycles. The number of hydrogen-bond donors (Lipinski definition) is 0. The van der Waals surface area contributed by atoms with Crippen LogP contribution in [-0.4, -0.2) is 52.2 Å². The predicted octanol–water partition coefficient (Wildman–Crippen LogP) is 7.71. The van der Waals surface area contributed by atoms with E-state index in [4.69, 9.17) is 18.4 Å². The molecule has 10 heteroatoms. The van der Waals surface area contributed by atoms with Crippen LogP contribution >= 0.6 is 0 Å². The summed E-state index contributed by atoms with van der Waals surface area (Å²) >= 11 is 0. The maximum absolute atomic E-state index is 12.8. The van der Waals surface area contributed by atoms with Crippen LogP contribution in [0, 0.1) is 10.1 Å². The molecule has 40 heavy (non-hydrogen) atoms. The lowest BCUT2D eigenvalue weighted by atomic mass is 10.0. The Kier molecular flexibility index (Phi) is 18.3. The van der Waals surface area contributed by atoms with Gasteiger partial charge in [-0.3, -0.25) is 14.3 Å². The van der Waals surface area contributed by atoms with Crippen LogP contribution in [0.4, 0.5) is 5.69 Å². The summed E-state index contributed by atoms with van der Waals surface area (Å²) < 4.78 is 48.2. The minimum atomic E-state index is -4.15. The molecule has 1 aliphatic heterocycles. The molecular weight excluding hydrogens is 534 g/mol. The van der Waals surface area contributed by atoms with Gasteiger partial charge in [-0.15, -0.1) is 0 Å². The average molecular weight is 586 g/mol. The SMILES string of the molecule is CCCCCCCCCCCCCCCCOC[C@H](COC1CCCCO1)OS(=O)(=O)c1ccc([N+](=O)[O-])cc1. The zero-order chi connectivity index (χ0) is 28.9. The molecule has 230 valence electrons. The molecule has 1 unspecified atom stereocenters. The van der Waals surface area contributed by atoms with E-state index in [1.54, 1.807) is 0 Å². The molecule has 9 nitrogen and oxygen atoms in total. The van der Waals surface area contributed by atoms with E-state index in [-0.39, 0.29) is 30.1 Å². The fraction of sp³-hybridized carbons (Fsp3) is 0.800. The van der Waals surface area contributed by atoms with Gasteiger partial charge in [0.1, 0.15) is 6.10 Å². The van der Waals surface area contributed by atoms with Crippen molar-refractivity contribution in [2.45, 2.75) is 133 Å². The van der Waals surface area contributed by atoms with Crippen LogP contribution in [0.3, 0.4) is 0 Å². The molecule has 0 amide bonds. The Hall–Kier alpha value is -1.59. The minimum absolute atomic E-state index is 0.00954. The lowest BCUT2D eigenvalue weighted by Crippen LogP contribution is -2.32. The quantitative estimate of drug-likeness (QED) is 0.0524. The highest BCUT2D eigenvalue weighted by atomic mass is 32.2. The van der Waals surface area contributed by atoms with E-state index in [2.05, 4.69) is 6.92 Å². The Balaban J connectivity index is 1.64. The van der Waals surface area contributed by atoms with E-state index >= 15 is 0 Å². The number of nitro benzene ring substituents is 1. The molecule has 0 N–H and O–H groups in total. The highest BCUT2D eigenvalue weighted by molar-refractivity contribution is 7.86. The first-order valence-electron chi connectivity index (χ1n) is 15.4. The van der Waals surface area contributed by atoms with Crippen LogP contribution in [0.15, 0.2) is 29.2 Å². The van der Waals surface area contributed by atoms with Crippen molar-refractivity contribution in [3.05, 3.63) is 34.4 Å². The standard InChI is InChI=1S/C30H51NO8S/c1-2-3-4-5-6-7-8-9-10-11-12-13-14-16-23-36-25-28(26-38-30-18-15-17-24-37-30)39-40(34,35)29-21-19-27(20-22-29)31(32)33/h19-22,28,30H,2-18,23-26H2,1H3/t28-,30?/m1/s1. The van der Waals surface area contributed by atoms with Gasteiger partial charge < -0.3 is 14.2 Å². The van der Waals surface area contributed by atoms with E-state index in [1.807, 2.05) is 0 Å². The summed E-state index contributed by atoms with van der Waals surface area (Å²) in [5, 5.41) is 10.9. The van der Waals surface area contributed by atoms with Gasteiger partial charge in [0.15, 0.2) is 6.29 Å². The lowest BCUT2D eigenvalue weighted by Gasteiger charge is -2.25. The van der Waals surface area contributed by atoms with Crippen molar-refractivity contribution in [2.75, 3.05) is 26.4 Å². The van der Waals surface area contributed by atoms with E-state index < -0.39 is 21.1 Å². The van der Waals surface area contributed by atoms with Crippen LogP contribution in [0.5, 0.6) is 0 Å². The highest BCUT2D eigenvalue weighted by Gasteiger charge is 2.25. The summed E-state index contributed by atoms with van der Waals surface area (Å²) in [5.74, 6) is 0. The van der Waals surface area contributed by atoms with Crippen molar-refractivity contribution in [3.63, 3.8) is 0 Å². The second kappa shape index (κ2) is 21.2. The van der Waals surface area contributed by atoms with Crippen molar-refractivity contribution in [3.8, 4) is 0 Å². The summed E-state index contributed by atoms with van der Waals surface area (Å²) in [4.78, 5) is 10.2. The Morgan fingerprint density at radius 1 is 0.875 bits per heavy atom. The zero-order valence-electron chi connectivity index (χ0n) is 24.4. The largest absolute Gasteiger partial charge is 0.379 e. The number of nitro groups is 1. The van der Waals surface area contributed by atoms with Crippen molar-refractivity contribution < 1.29 is 31.7 Å². The molecular formula is C30H51NO8S. The molecule has 1 heterocycles. The minimum Gasteiger partial charge on any atom is -0.379 e. The molecule has 2 atom stereocenters. The molecule has 2 rings (SSSR count). The molecule has 0 aliphatic carbocycles. The van der Waals surface area contributed by atoms with E-state index in [0.717, 1.165) is 44.2 Å². The molecule has 1 aromatic carbocycles. The predicted molar refractivity (Wildman–Crippen MR) is 156 cm³/mol. The third-order valence-corrected chi connectivity index (χ3v) is 8.53. The molecule has 0 radical (unpaired) electrons. The maximum atomic E-state index is 12.8. The normalized spacial score (nSPS) is 16.7. The fourth-order valence-corrected chi connectivity index (χ4v) is 5.79. The molecule has 1 fully saturated rings. The maximum Gasteiger partial charge on any atom is 0.297 e. The van der Waals surface area contributed by atoms with E-state index in [0.29, 0.717) is 13.2 Å². The second-order valence-electron chi connectivity index (χ2n) is 10.7. The van der Waals surface area contributed by atoms with E-state index in [1.165, 1.54) is 89.2 Å². The van der Waals surface area contributed by atoms with Crippen molar-refractivity contribution >= 4 is 15.8 Å². The lowest BCUT2D eigenvalue weighted by molar-refractivity contribution is -0.384. The number of hydrogen-bond acceptors (Lipinski definition) is 8. The number of benzene rings is 1. The summed E-state index contributed by atoms with van der Waals surface area (Å²) in [6.07, 6.45) is 19.4. The molecule has 0 spiro atoms. The first-order chi connectivity index (χ1) is 19.4. The van der Waals surface area contributed by atoms with Gasteiger partial charge in [-0.25, -0.2) is 0 Å². The third kappa shape index (κ3) is 15.4. The van der Waals surface area contributed by atoms with Crippen LogP contribution in [-0.2, 0) is 28.5 Å². The summed E-state index contributed by atoms with van der Waals surface area (Å²) in [6, 6.07) is 4.63. The van der Waals surface area contributed by atoms with Gasteiger partial charge in [-0.2, -0.15) is 8.42 Å². The zero-order valence-corrected chi connectivity index (χ0v) is 25.3. The fourth-order valence-electron chi connectivity index (χ4n) is 4.74. The Morgan fingerprint density at radius 2 is 1.45 bits per heavy atom. The first kappa shape index (κ1) is 34.6. The average Bonchev–Trinajstić information content (AvgIpc) is 2.96. The molecule has 0 aromatic heterocycles. The number of unbranched alkanes of at least 4 members (excludes halogenated alkanes) is 13. The van der Waals surface area contributed by atoms with Crippen LogP contribution in [0.25, 0.3) is 0 Å².